The smallest absolute Gasteiger partial charge is 0.253 e. The van der Waals surface area contributed by atoms with Gasteiger partial charge >= 0.3 is 0 Å². The van der Waals surface area contributed by atoms with Crippen LogP contribution >= 0.6 is 11.6 Å². The minimum atomic E-state index is -0.568. The number of piperidine rings is 1. The maximum atomic E-state index is 12.8. The van der Waals surface area contributed by atoms with E-state index in [1.54, 1.807) is 31.3 Å². The van der Waals surface area contributed by atoms with Crippen LogP contribution in [0.2, 0.25) is 5.02 Å². The molecule has 1 fully saturated rings. The van der Waals surface area contributed by atoms with Gasteiger partial charge < -0.3 is 10.6 Å². The molecule has 6 nitrogen and oxygen atoms in total. The number of carbonyl (C=O) groups is 2. The second-order valence-electron chi connectivity index (χ2n) is 7.06. The molecule has 0 radical (unpaired) electrons. The summed E-state index contributed by atoms with van der Waals surface area (Å²) in [5, 5.41) is 0.546. The van der Waals surface area contributed by atoms with Crippen LogP contribution in [0.5, 0.6) is 0 Å². The Morgan fingerprint density at radius 1 is 1.44 bits per heavy atom. The number of nitrogens with two attached hydrogens (primary N) is 1. The summed E-state index contributed by atoms with van der Waals surface area (Å²) in [7, 11) is 1.64. The standard InChI is InChI=1S/C18H23ClN4O2/c1-18(10-15(24)22(2)17(20)21-18)13-6-4-8-23(11-13)16(25)12-5-3-7-14(19)9-12/h3,5,7,9,13H,4,6,8,10-11H2,1-2H3,(H2,20,21)/t13?,18-/m0/s1. The van der Waals surface area contributed by atoms with Crippen LogP contribution in [0.3, 0.4) is 0 Å². The average molecular weight is 363 g/mol. The first-order valence-electron chi connectivity index (χ1n) is 8.47. The third kappa shape index (κ3) is 3.49. The lowest BCUT2D eigenvalue weighted by atomic mass is 9.77. The Morgan fingerprint density at radius 3 is 2.88 bits per heavy atom. The van der Waals surface area contributed by atoms with Gasteiger partial charge in [0.1, 0.15) is 0 Å². The van der Waals surface area contributed by atoms with E-state index in [1.165, 1.54) is 4.90 Å². The zero-order valence-corrected chi connectivity index (χ0v) is 15.3. The fraction of sp³-hybridized carbons (Fsp3) is 0.500. The lowest BCUT2D eigenvalue weighted by molar-refractivity contribution is -0.129. The van der Waals surface area contributed by atoms with E-state index in [0.29, 0.717) is 30.1 Å². The molecule has 0 aliphatic carbocycles. The molecule has 0 spiro atoms. The van der Waals surface area contributed by atoms with Gasteiger partial charge in [-0.1, -0.05) is 17.7 Å². The summed E-state index contributed by atoms with van der Waals surface area (Å²) in [4.78, 5) is 32.8. The second-order valence-corrected chi connectivity index (χ2v) is 7.49. The van der Waals surface area contributed by atoms with E-state index in [2.05, 4.69) is 4.99 Å². The van der Waals surface area contributed by atoms with E-state index in [9.17, 15) is 9.59 Å². The zero-order chi connectivity index (χ0) is 18.2. The lowest BCUT2D eigenvalue weighted by Crippen LogP contribution is -2.54. The van der Waals surface area contributed by atoms with Crippen LogP contribution in [0.1, 0.15) is 36.5 Å². The molecule has 134 valence electrons. The molecule has 2 heterocycles. The topological polar surface area (TPSA) is 79.0 Å². The number of halogens is 1. The van der Waals surface area contributed by atoms with Crippen molar-refractivity contribution < 1.29 is 9.59 Å². The van der Waals surface area contributed by atoms with Crippen molar-refractivity contribution in [2.24, 2.45) is 16.6 Å². The van der Waals surface area contributed by atoms with E-state index in [1.807, 2.05) is 11.8 Å². The first-order valence-corrected chi connectivity index (χ1v) is 8.85. The molecule has 25 heavy (non-hydrogen) atoms. The lowest BCUT2D eigenvalue weighted by Gasteiger charge is -2.43. The fourth-order valence-electron chi connectivity index (χ4n) is 3.64. The largest absolute Gasteiger partial charge is 0.369 e. The average Bonchev–Trinajstić information content (AvgIpc) is 2.59. The summed E-state index contributed by atoms with van der Waals surface area (Å²) in [5.41, 5.74) is 5.93. The molecule has 0 bridgehead atoms. The first-order chi connectivity index (χ1) is 11.8. The Labute approximate surface area is 152 Å². The Hall–Kier alpha value is -2.08. The summed E-state index contributed by atoms with van der Waals surface area (Å²) < 4.78 is 0. The van der Waals surface area contributed by atoms with E-state index in [0.717, 1.165) is 12.8 Å². The van der Waals surface area contributed by atoms with E-state index < -0.39 is 5.54 Å². The zero-order valence-electron chi connectivity index (χ0n) is 14.5. The van der Waals surface area contributed by atoms with Gasteiger partial charge in [0.15, 0.2) is 5.96 Å². The fourth-order valence-corrected chi connectivity index (χ4v) is 3.83. The maximum absolute atomic E-state index is 12.8. The number of hydrogen-bond donors (Lipinski definition) is 1. The van der Waals surface area contributed by atoms with Crippen LogP contribution in [0, 0.1) is 5.92 Å². The normalized spacial score (nSPS) is 27.2. The molecule has 1 aromatic rings. The van der Waals surface area contributed by atoms with Gasteiger partial charge in [-0.05, 0) is 38.0 Å². The quantitative estimate of drug-likeness (QED) is 0.875. The Morgan fingerprint density at radius 2 is 2.20 bits per heavy atom. The van der Waals surface area contributed by atoms with Gasteiger partial charge in [-0.3, -0.25) is 14.5 Å². The van der Waals surface area contributed by atoms with Crippen LogP contribution in [-0.2, 0) is 4.79 Å². The highest BCUT2D eigenvalue weighted by Crippen LogP contribution is 2.36. The van der Waals surface area contributed by atoms with Gasteiger partial charge in [-0.25, -0.2) is 4.99 Å². The SMILES string of the molecule is CN1C(=O)C[C@@](C)(C2CCCN(C(=O)c3cccc(Cl)c3)C2)N=C1N. The Kier molecular flexibility index (Phi) is 4.73. The summed E-state index contributed by atoms with van der Waals surface area (Å²) >= 11 is 6.00. The number of rotatable bonds is 2. The number of likely N-dealkylation sites (tertiary alicyclic amines) is 1. The van der Waals surface area contributed by atoms with Crippen molar-refractivity contribution >= 4 is 29.4 Å². The van der Waals surface area contributed by atoms with Crippen molar-refractivity contribution in [3.63, 3.8) is 0 Å². The highest BCUT2D eigenvalue weighted by atomic mass is 35.5. The minimum Gasteiger partial charge on any atom is -0.369 e. The summed E-state index contributed by atoms with van der Waals surface area (Å²) in [6, 6.07) is 6.98. The molecule has 1 aromatic carbocycles. The van der Waals surface area contributed by atoms with Crippen molar-refractivity contribution in [1.29, 1.82) is 0 Å². The van der Waals surface area contributed by atoms with Crippen LogP contribution < -0.4 is 5.73 Å². The Balaban J connectivity index is 1.79. The first kappa shape index (κ1) is 17.7. The third-order valence-corrected chi connectivity index (χ3v) is 5.49. The van der Waals surface area contributed by atoms with E-state index in [-0.39, 0.29) is 23.7 Å². The van der Waals surface area contributed by atoms with Crippen molar-refractivity contribution in [1.82, 2.24) is 9.80 Å². The van der Waals surface area contributed by atoms with Crippen molar-refractivity contribution in [2.75, 3.05) is 20.1 Å². The number of carbonyl (C=O) groups excluding carboxylic acids is 2. The number of amides is 2. The maximum Gasteiger partial charge on any atom is 0.253 e. The molecule has 2 aliphatic heterocycles. The van der Waals surface area contributed by atoms with Gasteiger partial charge in [0.2, 0.25) is 5.91 Å². The Bertz CT molecular complexity index is 736. The molecule has 3 rings (SSSR count). The molecule has 7 heteroatoms. The van der Waals surface area contributed by atoms with Gasteiger partial charge in [-0.15, -0.1) is 0 Å². The van der Waals surface area contributed by atoms with Gasteiger partial charge in [0.25, 0.3) is 5.91 Å². The van der Waals surface area contributed by atoms with Crippen LogP contribution in [-0.4, -0.2) is 53.2 Å². The molecule has 2 atom stereocenters. The molecule has 2 aliphatic rings. The monoisotopic (exact) mass is 362 g/mol. The molecule has 2 N–H and O–H groups in total. The molecule has 2 amide bonds. The van der Waals surface area contributed by atoms with Crippen LogP contribution in [0.4, 0.5) is 0 Å². The highest BCUT2D eigenvalue weighted by Gasteiger charge is 2.43. The number of nitrogens with zero attached hydrogens (tertiary/aromatic N) is 3. The predicted molar refractivity (Wildman–Crippen MR) is 97.5 cm³/mol. The van der Waals surface area contributed by atoms with Crippen molar-refractivity contribution in [2.45, 2.75) is 31.7 Å². The number of aliphatic imine (C=N–C) groups is 1. The van der Waals surface area contributed by atoms with E-state index >= 15 is 0 Å². The van der Waals surface area contributed by atoms with Crippen LogP contribution in [0.15, 0.2) is 29.3 Å². The van der Waals surface area contributed by atoms with Gasteiger partial charge in [0.05, 0.1) is 12.0 Å². The second kappa shape index (κ2) is 6.67. The molecule has 1 unspecified atom stereocenters. The number of hydrogen-bond acceptors (Lipinski definition) is 4. The summed E-state index contributed by atoms with van der Waals surface area (Å²) in [6.45, 7) is 3.23. The van der Waals surface area contributed by atoms with Crippen LogP contribution in [0.25, 0.3) is 0 Å². The molecule has 1 saturated heterocycles. The molecule has 0 aromatic heterocycles. The number of benzene rings is 1. The van der Waals surface area contributed by atoms with Gasteiger partial charge in [0, 0.05) is 36.6 Å². The van der Waals surface area contributed by atoms with Crippen molar-refractivity contribution in [3.8, 4) is 0 Å². The third-order valence-electron chi connectivity index (χ3n) is 5.26. The molecular weight excluding hydrogens is 340 g/mol. The van der Waals surface area contributed by atoms with Gasteiger partial charge in [-0.2, -0.15) is 0 Å². The molecule has 0 saturated carbocycles. The van der Waals surface area contributed by atoms with Crippen molar-refractivity contribution in [3.05, 3.63) is 34.9 Å². The van der Waals surface area contributed by atoms with E-state index in [4.69, 9.17) is 17.3 Å². The number of guanidine groups is 1. The summed E-state index contributed by atoms with van der Waals surface area (Å²) in [6.07, 6.45) is 2.11. The predicted octanol–water partition coefficient (Wildman–Crippen LogP) is 2.13. The minimum absolute atomic E-state index is 0.0340. The highest BCUT2D eigenvalue weighted by molar-refractivity contribution is 6.30. The summed E-state index contributed by atoms with van der Waals surface area (Å²) in [5.74, 6) is 0.276. The molecular formula is C18H23ClN4O2.